The normalized spacial score (nSPS) is 41.6. The van der Waals surface area contributed by atoms with Crippen LogP contribution in [0.2, 0.25) is 0 Å². The summed E-state index contributed by atoms with van der Waals surface area (Å²) in [5, 5.41) is 0. The van der Waals surface area contributed by atoms with Crippen LogP contribution < -0.4 is 0 Å². The van der Waals surface area contributed by atoms with E-state index in [0.29, 0.717) is 11.7 Å². The Balaban J connectivity index is 1.59. The molecule has 0 spiro atoms. The molecule has 0 saturated heterocycles. The summed E-state index contributed by atoms with van der Waals surface area (Å²) in [6, 6.07) is 0. The highest BCUT2D eigenvalue weighted by atomic mass is 16.1. The molecule has 0 aromatic heterocycles. The molecule has 158 valence electrons. The molecule has 0 radical (unpaired) electrons. The monoisotopic (exact) mass is 384 g/mol. The molecule has 0 bridgehead atoms. The van der Waals surface area contributed by atoms with Gasteiger partial charge in [-0.1, -0.05) is 72.3 Å². The van der Waals surface area contributed by atoms with Crippen LogP contribution in [0.15, 0.2) is 11.1 Å². The number of Topliss-reactive ketones (excluding diaryl/α,β-unsaturated/α-hetero) is 1. The zero-order chi connectivity index (χ0) is 20.1. The molecule has 28 heavy (non-hydrogen) atoms. The fourth-order valence-corrected chi connectivity index (χ4v) is 8.37. The Labute approximate surface area is 174 Å². The van der Waals surface area contributed by atoms with Crippen molar-refractivity contribution in [2.45, 2.75) is 112 Å². The Morgan fingerprint density at radius 1 is 1.00 bits per heavy atom. The van der Waals surface area contributed by atoms with Gasteiger partial charge in [0.05, 0.1) is 0 Å². The lowest BCUT2D eigenvalue weighted by Gasteiger charge is -2.53. The Hall–Kier alpha value is -0.590. The summed E-state index contributed by atoms with van der Waals surface area (Å²) < 4.78 is 0. The topological polar surface area (TPSA) is 17.1 Å². The number of ketones is 1. The molecule has 4 aliphatic rings. The molecule has 1 nitrogen and oxygen atoms in total. The van der Waals surface area contributed by atoms with E-state index in [1.54, 1.807) is 5.57 Å². The van der Waals surface area contributed by atoms with E-state index in [1.165, 1.54) is 76.2 Å². The van der Waals surface area contributed by atoms with Crippen molar-refractivity contribution >= 4 is 5.78 Å². The largest absolute Gasteiger partial charge is 0.295 e. The molecule has 1 unspecified atom stereocenters. The van der Waals surface area contributed by atoms with Crippen molar-refractivity contribution in [2.75, 3.05) is 0 Å². The van der Waals surface area contributed by atoms with Gasteiger partial charge in [0.2, 0.25) is 0 Å². The molecular formula is C27H44O. The van der Waals surface area contributed by atoms with E-state index < -0.39 is 0 Å². The maximum atomic E-state index is 13.7. The first-order chi connectivity index (χ1) is 13.3. The molecule has 1 heteroatoms. The lowest BCUT2D eigenvalue weighted by molar-refractivity contribution is -0.122. The van der Waals surface area contributed by atoms with Gasteiger partial charge in [0.15, 0.2) is 5.78 Å². The minimum atomic E-state index is 0.214. The number of carbonyl (C=O) groups excluding carboxylic acids is 1. The Morgan fingerprint density at radius 3 is 2.54 bits per heavy atom. The van der Waals surface area contributed by atoms with Gasteiger partial charge in [0, 0.05) is 12.0 Å². The fourth-order valence-electron chi connectivity index (χ4n) is 8.37. The van der Waals surface area contributed by atoms with Gasteiger partial charge in [-0.15, -0.1) is 0 Å². The second kappa shape index (κ2) is 7.59. The summed E-state index contributed by atoms with van der Waals surface area (Å²) in [7, 11) is 0. The van der Waals surface area contributed by atoms with Crippen molar-refractivity contribution in [1.29, 1.82) is 0 Å². The van der Waals surface area contributed by atoms with Gasteiger partial charge in [-0.3, -0.25) is 4.79 Å². The molecule has 0 aromatic rings. The number of hydrogen-bond acceptors (Lipinski definition) is 1. The lowest BCUT2D eigenvalue weighted by atomic mass is 9.50. The molecule has 2 saturated carbocycles. The number of rotatable bonds is 5. The molecule has 4 rings (SSSR count). The third kappa shape index (κ3) is 3.24. The van der Waals surface area contributed by atoms with Crippen molar-refractivity contribution in [1.82, 2.24) is 0 Å². The molecular weight excluding hydrogens is 340 g/mol. The second-order valence-corrected chi connectivity index (χ2v) is 11.9. The zero-order valence-corrected chi connectivity index (χ0v) is 19.3. The molecule has 0 N–H and O–H groups in total. The number of carbonyl (C=O) groups is 1. The van der Waals surface area contributed by atoms with Gasteiger partial charge >= 0.3 is 0 Å². The number of fused-ring (bicyclic) bond motifs is 4. The SMILES string of the molecule is CC(C)CCC[C@@H](C)[C@H]1CC[C@@H]2C3=C(C(=O)C[C@@]21C)[C@@]1(C)CCCCC1CC3. The van der Waals surface area contributed by atoms with Crippen LogP contribution in [-0.4, -0.2) is 5.78 Å². The van der Waals surface area contributed by atoms with Crippen LogP contribution >= 0.6 is 0 Å². The summed E-state index contributed by atoms with van der Waals surface area (Å²) >= 11 is 0. The number of hydrogen-bond donors (Lipinski definition) is 0. The van der Waals surface area contributed by atoms with E-state index in [4.69, 9.17) is 0 Å². The van der Waals surface area contributed by atoms with E-state index in [9.17, 15) is 4.79 Å². The lowest BCUT2D eigenvalue weighted by Crippen LogP contribution is -2.47. The molecule has 2 fully saturated rings. The summed E-state index contributed by atoms with van der Waals surface area (Å²) in [5.74, 6) is 4.38. The second-order valence-electron chi connectivity index (χ2n) is 11.9. The van der Waals surface area contributed by atoms with Gasteiger partial charge in [-0.2, -0.15) is 0 Å². The summed E-state index contributed by atoms with van der Waals surface area (Å²) in [6.45, 7) is 12.1. The minimum Gasteiger partial charge on any atom is -0.295 e. The molecule has 0 aromatic carbocycles. The van der Waals surface area contributed by atoms with E-state index in [0.717, 1.165) is 30.1 Å². The smallest absolute Gasteiger partial charge is 0.159 e. The summed E-state index contributed by atoms with van der Waals surface area (Å²) in [6.07, 6.45) is 15.5. The van der Waals surface area contributed by atoms with Crippen molar-refractivity contribution in [3.05, 3.63) is 11.1 Å². The van der Waals surface area contributed by atoms with Crippen LogP contribution in [0.5, 0.6) is 0 Å². The first-order valence-corrected chi connectivity index (χ1v) is 12.5. The van der Waals surface area contributed by atoms with Crippen molar-refractivity contribution in [2.24, 2.45) is 40.4 Å². The van der Waals surface area contributed by atoms with Crippen molar-refractivity contribution in [3.8, 4) is 0 Å². The fraction of sp³-hybridized carbons (Fsp3) is 0.889. The minimum absolute atomic E-state index is 0.214. The van der Waals surface area contributed by atoms with Gasteiger partial charge in [-0.05, 0) is 78.9 Å². The van der Waals surface area contributed by atoms with Crippen LogP contribution in [0.4, 0.5) is 0 Å². The standard InChI is InChI=1S/C27H44O/c1-18(2)9-8-10-19(3)22-14-15-23-21-13-12-20-11-6-7-16-26(20,4)25(21)24(28)17-27(22,23)5/h18-20,22-23H,6-17H2,1-5H3/t19-,20?,22-,23-,26+,27-/m1/s1. The number of allylic oxidation sites excluding steroid dienone is 2. The van der Waals surface area contributed by atoms with Crippen LogP contribution in [0.3, 0.4) is 0 Å². The average molecular weight is 385 g/mol. The van der Waals surface area contributed by atoms with E-state index in [-0.39, 0.29) is 10.8 Å². The van der Waals surface area contributed by atoms with Gasteiger partial charge in [0.25, 0.3) is 0 Å². The van der Waals surface area contributed by atoms with Crippen molar-refractivity contribution in [3.63, 3.8) is 0 Å². The van der Waals surface area contributed by atoms with E-state index in [1.807, 2.05) is 0 Å². The van der Waals surface area contributed by atoms with E-state index >= 15 is 0 Å². The average Bonchev–Trinajstić information content (AvgIpc) is 2.97. The van der Waals surface area contributed by atoms with Crippen molar-refractivity contribution < 1.29 is 4.79 Å². The maximum absolute atomic E-state index is 13.7. The molecule has 6 atom stereocenters. The zero-order valence-electron chi connectivity index (χ0n) is 19.3. The highest BCUT2D eigenvalue weighted by Crippen LogP contribution is 2.65. The first-order valence-electron chi connectivity index (χ1n) is 12.5. The molecule has 0 amide bonds. The molecule has 0 aliphatic heterocycles. The van der Waals surface area contributed by atoms with Crippen LogP contribution in [-0.2, 0) is 4.79 Å². The predicted molar refractivity (Wildman–Crippen MR) is 118 cm³/mol. The predicted octanol–water partition coefficient (Wildman–Crippen LogP) is 7.74. The Morgan fingerprint density at radius 2 is 1.79 bits per heavy atom. The van der Waals surface area contributed by atoms with E-state index in [2.05, 4.69) is 34.6 Å². The summed E-state index contributed by atoms with van der Waals surface area (Å²) in [4.78, 5) is 13.7. The third-order valence-corrected chi connectivity index (χ3v) is 9.83. The Bertz CT molecular complexity index is 643. The highest BCUT2D eigenvalue weighted by Gasteiger charge is 2.57. The van der Waals surface area contributed by atoms with Gasteiger partial charge in [-0.25, -0.2) is 0 Å². The first kappa shape index (κ1) is 20.7. The third-order valence-electron chi connectivity index (χ3n) is 9.83. The summed E-state index contributed by atoms with van der Waals surface area (Å²) in [5.41, 5.74) is 3.46. The van der Waals surface area contributed by atoms with Crippen LogP contribution in [0, 0.1) is 40.4 Å². The quantitative estimate of drug-likeness (QED) is 0.473. The highest BCUT2D eigenvalue weighted by molar-refractivity contribution is 5.99. The van der Waals surface area contributed by atoms with Crippen LogP contribution in [0.1, 0.15) is 112 Å². The van der Waals surface area contributed by atoms with Gasteiger partial charge in [0.1, 0.15) is 0 Å². The van der Waals surface area contributed by atoms with Gasteiger partial charge < -0.3 is 0 Å². The Kier molecular flexibility index (Phi) is 5.60. The molecule has 4 aliphatic carbocycles. The molecule has 0 heterocycles. The maximum Gasteiger partial charge on any atom is 0.159 e. The van der Waals surface area contributed by atoms with Crippen LogP contribution in [0.25, 0.3) is 0 Å².